The van der Waals surface area contributed by atoms with E-state index in [4.69, 9.17) is 14.2 Å². The van der Waals surface area contributed by atoms with Crippen molar-refractivity contribution in [1.29, 1.82) is 0 Å². The van der Waals surface area contributed by atoms with E-state index in [0.717, 1.165) is 43.1 Å². The summed E-state index contributed by atoms with van der Waals surface area (Å²) >= 11 is 0. The van der Waals surface area contributed by atoms with Gasteiger partial charge in [0.1, 0.15) is 5.76 Å². The fraction of sp³-hybridized carbons (Fsp3) is 0.579. The molecular formula is C19H23NO3. The van der Waals surface area contributed by atoms with Crippen LogP contribution in [0, 0.1) is 5.92 Å². The van der Waals surface area contributed by atoms with E-state index in [-0.39, 0.29) is 11.5 Å². The molecule has 4 nitrogen and oxygen atoms in total. The largest absolute Gasteiger partial charge is 0.497 e. The molecule has 122 valence electrons. The van der Waals surface area contributed by atoms with Gasteiger partial charge in [-0.3, -0.25) is 0 Å². The molecule has 2 heterocycles. The summed E-state index contributed by atoms with van der Waals surface area (Å²) in [5.74, 6) is 3.42. The molecule has 4 atom stereocenters. The molecule has 2 aliphatic carbocycles. The number of hydrogen-bond donors (Lipinski definition) is 0. The highest BCUT2D eigenvalue weighted by atomic mass is 16.6. The first-order valence-corrected chi connectivity index (χ1v) is 8.52. The Bertz CT molecular complexity index is 713. The van der Waals surface area contributed by atoms with Crippen LogP contribution in [0.5, 0.6) is 11.5 Å². The molecule has 0 N–H and O–H groups in total. The molecule has 4 aliphatic rings. The summed E-state index contributed by atoms with van der Waals surface area (Å²) < 4.78 is 17.8. The fourth-order valence-corrected chi connectivity index (χ4v) is 5.66. The van der Waals surface area contributed by atoms with Crippen LogP contribution in [0.2, 0.25) is 0 Å². The third-order valence-electron chi connectivity index (χ3n) is 6.66. The fourth-order valence-electron chi connectivity index (χ4n) is 5.66. The van der Waals surface area contributed by atoms with Crippen molar-refractivity contribution in [3.8, 4) is 11.5 Å². The lowest BCUT2D eigenvalue weighted by atomic mass is 9.53. The second kappa shape index (κ2) is 4.44. The van der Waals surface area contributed by atoms with Gasteiger partial charge in [-0.25, -0.2) is 0 Å². The first-order valence-electron chi connectivity index (χ1n) is 8.52. The van der Waals surface area contributed by atoms with Gasteiger partial charge in [-0.15, -0.1) is 0 Å². The van der Waals surface area contributed by atoms with E-state index < -0.39 is 0 Å². The number of rotatable bonds is 2. The number of likely N-dealkylation sites (N-methyl/N-ethyl adjacent to an activating group) is 1. The minimum atomic E-state index is 0.00722. The minimum absolute atomic E-state index is 0.00722. The molecule has 2 aliphatic heterocycles. The SMILES string of the molecule is COC1=CCC2C3Cc4ccc(OC)c5c4[C@]2(CCN3C)C1O5. The van der Waals surface area contributed by atoms with Gasteiger partial charge >= 0.3 is 0 Å². The number of nitrogens with zero attached hydrogens (tertiary/aromatic N) is 1. The van der Waals surface area contributed by atoms with Crippen molar-refractivity contribution in [3.63, 3.8) is 0 Å². The van der Waals surface area contributed by atoms with Gasteiger partial charge in [-0.2, -0.15) is 0 Å². The molecule has 2 bridgehead atoms. The van der Waals surface area contributed by atoms with Crippen LogP contribution in [-0.4, -0.2) is 44.9 Å². The van der Waals surface area contributed by atoms with Gasteiger partial charge in [0, 0.05) is 17.0 Å². The Hall–Kier alpha value is -1.68. The van der Waals surface area contributed by atoms with Crippen LogP contribution >= 0.6 is 0 Å². The van der Waals surface area contributed by atoms with Gasteiger partial charge in [0.05, 0.1) is 14.2 Å². The lowest BCUT2D eigenvalue weighted by Gasteiger charge is -2.56. The Balaban J connectivity index is 1.80. The maximum absolute atomic E-state index is 6.50. The molecule has 0 amide bonds. The standard InChI is InChI=1S/C19H23NO3/c1-20-9-8-19-12-5-7-15(22-3)18(19)23-17-14(21-2)6-4-11(16(17)19)10-13(12)20/h4,6-7,12-13,18H,5,8-10H2,1-3H3/t12?,13?,18?,19-/m1/s1. The number of benzene rings is 1. The number of piperidine rings is 1. The number of allylic oxidation sites excluding steroid dienone is 1. The minimum Gasteiger partial charge on any atom is -0.497 e. The molecular weight excluding hydrogens is 290 g/mol. The Morgan fingerprint density at radius 2 is 2.13 bits per heavy atom. The maximum atomic E-state index is 6.50. The highest BCUT2D eigenvalue weighted by molar-refractivity contribution is 5.62. The predicted octanol–water partition coefficient (Wildman–Crippen LogP) is 2.50. The molecule has 1 fully saturated rings. The van der Waals surface area contributed by atoms with Crippen LogP contribution in [0.1, 0.15) is 24.0 Å². The van der Waals surface area contributed by atoms with Crippen molar-refractivity contribution in [1.82, 2.24) is 4.90 Å². The van der Waals surface area contributed by atoms with Gasteiger partial charge in [-0.1, -0.05) is 6.07 Å². The smallest absolute Gasteiger partial charge is 0.166 e. The van der Waals surface area contributed by atoms with E-state index in [1.54, 1.807) is 14.2 Å². The first kappa shape index (κ1) is 13.7. The van der Waals surface area contributed by atoms with E-state index in [0.29, 0.717) is 12.0 Å². The molecule has 0 radical (unpaired) electrons. The quantitative estimate of drug-likeness (QED) is 0.839. The Kier molecular flexibility index (Phi) is 2.65. The normalized spacial score (nSPS) is 36.8. The zero-order valence-corrected chi connectivity index (χ0v) is 14.0. The highest BCUT2D eigenvalue weighted by Crippen LogP contribution is 2.63. The zero-order valence-electron chi connectivity index (χ0n) is 14.0. The average molecular weight is 313 g/mol. The summed E-state index contributed by atoms with van der Waals surface area (Å²) in [6, 6.07) is 4.91. The summed E-state index contributed by atoms with van der Waals surface area (Å²) in [4.78, 5) is 2.55. The molecule has 23 heavy (non-hydrogen) atoms. The third-order valence-corrected chi connectivity index (χ3v) is 6.66. The second-order valence-corrected chi connectivity index (χ2v) is 7.32. The van der Waals surface area contributed by atoms with Gasteiger partial charge in [-0.05, 0) is 56.5 Å². The van der Waals surface area contributed by atoms with Crippen molar-refractivity contribution in [2.24, 2.45) is 5.92 Å². The molecule has 1 saturated heterocycles. The average Bonchev–Trinajstić information content (AvgIpc) is 2.92. The number of methoxy groups -OCH3 is 2. The van der Waals surface area contributed by atoms with Gasteiger partial charge < -0.3 is 19.1 Å². The molecule has 5 rings (SSSR count). The summed E-state index contributed by atoms with van der Waals surface area (Å²) in [6.45, 7) is 1.12. The lowest BCUT2D eigenvalue weighted by molar-refractivity contribution is -0.0267. The van der Waals surface area contributed by atoms with Gasteiger partial charge in [0.25, 0.3) is 0 Å². The van der Waals surface area contributed by atoms with Crippen molar-refractivity contribution in [2.45, 2.75) is 36.8 Å². The monoisotopic (exact) mass is 313 g/mol. The van der Waals surface area contributed by atoms with E-state index in [1.807, 2.05) is 0 Å². The summed E-state index contributed by atoms with van der Waals surface area (Å²) in [5, 5.41) is 0. The van der Waals surface area contributed by atoms with Crippen LogP contribution in [-0.2, 0) is 16.6 Å². The molecule has 1 spiro atoms. The van der Waals surface area contributed by atoms with Crippen molar-refractivity contribution >= 4 is 0 Å². The highest BCUT2D eigenvalue weighted by Gasteiger charge is 2.64. The van der Waals surface area contributed by atoms with Gasteiger partial charge in [0.2, 0.25) is 0 Å². The topological polar surface area (TPSA) is 30.9 Å². The second-order valence-electron chi connectivity index (χ2n) is 7.32. The van der Waals surface area contributed by atoms with Gasteiger partial charge in [0.15, 0.2) is 17.6 Å². The Morgan fingerprint density at radius 1 is 1.26 bits per heavy atom. The molecule has 4 heteroatoms. The van der Waals surface area contributed by atoms with Crippen molar-refractivity contribution < 1.29 is 14.2 Å². The van der Waals surface area contributed by atoms with Crippen LogP contribution < -0.4 is 9.47 Å². The lowest BCUT2D eigenvalue weighted by Crippen LogP contribution is -2.63. The van der Waals surface area contributed by atoms with E-state index >= 15 is 0 Å². The molecule has 0 saturated carbocycles. The molecule has 3 unspecified atom stereocenters. The van der Waals surface area contributed by atoms with E-state index in [9.17, 15) is 0 Å². The molecule has 1 aromatic carbocycles. The summed E-state index contributed by atoms with van der Waals surface area (Å²) in [7, 11) is 5.77. The number of hydrogen-bond acceptors (Lipinski definition) is 4. The van der Waals surface area contributed by atoms with Crippen molar-refractivity contribution in [2.75, 3.05) is 27.8 Å². The van der Waals surface area contributed by atoms with Crippen LogP contribution in [0.4, 0.5) is 0 Å². The van der Waals surface area contributed by atoms with E-state index in [1.165, 1.54) is 11.1 Å². The van der Waals surface area contributed by atoms with Crippen LogP contribution in [0.15, 0.2) is 24.0 Å². The third kappa shape index (κ3) is 1.46. The van der Waals surface area contributed by atoms with Crippen LogP contribution in [0.25, 0.3) is 0 Å². The Morgan fingerprint density at radius 3 is 2.91 bits per heavy atom. The number of likely N-dealkylation sites (tertiary alicyclic amines) is 1. The molecule has 1 aromatic rings. The van der Waals surface area contributed by atoms with Crippen molar-refractivity contribution in [3.05, 3.63) is 35.1 Å². The summed E-state index contributed by atoms with van der Waals surface area (Å²) in [5.41, 5.74) is 2.92. The van der Waals surface area contributed by atoms with E-state index in [2.05, 4.69) is 30.2 Å². The summed E-state index contributed by atoms with van der Waals surface area (Å²) in [6.07, 6.45) is 5.58. The first-order chi connectivity index (χ1) is 11.2. The Labute approximate surface area is 137 Å². The van der Waals surface area contributed by atoms with Crippen LogP contribution in [0.3, 0.4) is 0 Å². The molecule has 0 aromatic heterocycles. The zero-order chi connectivity index (χ0) is 15.8. The predicted molar refractivity (Wildman–Crippen MR) is 87.0 cm³/mol. The number of ether oxygens (including phenoxy) is 3. The maximum Gasteiger partial charge on any atom is 0.166 e.